The van der Waals surface area contributed by atoms with Gasteiger partial charge in [-0.25, -0.2) is 19.2 Å². The van der Waals surface area contributed by atoms with Gasteiger partial charge in [-0.1, -0.05) is 0 Å². The molecular formula is C34H24O22. The molecule has 56 heavy (non-hydrogen) atoms. The van der Waals surface area contributed by atoms with E-state index in [1.54, 1.807) is 0 Å². The van der Waals surface area contributed by atoms with Gasteiger partial charge in [-0.2, -0.15) is 0 Å². The largest absolute Gasteiger partial charge is 0.504 e. The van der Waals surface area contributed by atoms with Gasteiger partial charge in [-0.3, -0.25) is 0 Å². The zero-order valence-electron chi connectivity index (χ0n) is 27.4. The highest BCUT2D eigenvalue weighted by atomic mass is 16.7. The molecule has 0 spiro atoms. The van der Waals surface area contributed by atoms with Crippen molar-refractivity contribution in [2.45, 2.75) is 30.7 Å². The van der Waals surface area contributed by atoms with Gasteiger partial charge < -0.3 is 89.4 Å². The van der Waals surface area contributed by atoms with Crippen LogP contribution in [0, 0.1) is 0 Å². The van der Waals surface area contributed by atoms with Crippen molar-refractivity contribution >= 4 is 44.6 Å². The summed E-state index contributed by atoms with van der Waals surface area (Å²) in [5, 5.41) is 133. The number of aliphatic hydroxyl groups excluding tert-OH is 3. The minimum Gasteiger partial charge on any atom is -0.504 e. The third-order valence-electron chi connectivity index (χ3n) is 9.01. The first-order valence-electron chi connectivity index (χ1n) is 15.6. The second-order valence-corrected chi connectivity index (χ2v) is 12.3. The number of hydrogen-bond donors (Lipinski definition) is 13. The molecule has 3 heterocycles. The quantitative estimate of drug-likeness (QED) is 0.0458. The van der Waals surface area contributed by atoms with Gasteiger partial charge in [0.1, 0.15) is 24.9 Å². The van der Waals surface area contributed by atoms with Crippen LogP contribution in [0.1, 0.15) is 20.7 Å². The van der Waals surface area contributed by atoms with E-state index in [4.69, 9.17) is 23.0 Å². The SMILES string of the molecule is O=C(OC[C@@H]1O[C@H](O)[C@H](O)[C@H](O)[C@@H]1OC(=O)c1cc(O)c(O)c(O)c1-c1c(O)c(O)c2oc(=O)c3cc(O)c(O)c4oc(=O)c1c2c43)c1cc(O)c(O)c(O)c1. The van der Waals surface area contributed by atoms with E-state index in [0.717, 1.165) is 0 Å². The predicted molar refractivity (Wildman–Crippen MR) is 178 cm³/mol. The fourth-order valence-electron chi connectivity index (χ4n) is 6.33. The van der Waals surface area contributed by atoms with Crippen molar-refractivity contribution in [2.24, 2.45) is 0 Å². The fourth-order valence-corrected chi connectivity index (χ4v) is 6.33. The third kappa shape index (κ3) is 5.43. The van der Waals surface area contributed by atoms with Crippen molar-refractivity contribution in [1.29, 1.82) is 0 Å². The lowest BCUT2D eigenvalue weighted by molar-refractivity contribution is -0.285. The summed E-state index contributed by atoms with van der Waals surface area (Å²) in [5.74, 6) is -14.7. The first-order chi connectivity index (χ1) is 26.3. The average molecular weight is 785 g/mol. The number of rotatable bonds is 6. The van der Waals surface area contributed by atoms with E-state index in [0.29, 0.717) is 24.3 Å². The van der Waals surface area contributed by atoms with Crippen LogP contribution in [0.4, 0.5) is 0 Å². The molecule has 0 bridgehead atoms. The van der Waals surface area contributed by atoms with Crippen molar-refractivity contribution in [3.8, 4) is 68.6 Å². The number of aromatic hydroxyl groups is 10. The second kappa shape index (κ2) is 12.9. The Morgan fingerprint density at radius 1 is 0.589 bits per heavy atom. The van der Waals surface area contributed by atoms with Gasteiger partial charge in [0.05, 0.1) is 21.9 Å². The average Bonchev–Trinajstić information content (AvgIpc) is 3.15. The number of phenols is 10. The lowest BCUT2D eigenvalue weighted by atomic mass is 9.90. The van der Waals surface area contributed by atoms with Crippen LogP contribution in [0.15, 0.2) is 42.7 Å². The molecule has 0 unspecified atom stereocenters. The molecule has 22 nitrogen and oxygen atoms in total. The van der Waals surface area contributed by atoms with Crippen LogP contribution < -0.4 is 11.3 Å². The lowest BCUT2D eigenvalue weighted by Gasteiger charge is -2.39. The van der Waals surface area contributed by atoms with E-state index >= 15 is 0 Å². The maximum Gasteiger partial charge on any atom is 0.345 e. The van der Waals surface area contributed by atoms with Gasteiger partial charge in [-0.15, -0.1) is 0 Å². The minimum absolute atomic E-state index is 0.424. The monoisotopic (exact) mass is 784 g/mol. The number of esters is 2. The molecule has 0 amide bonds. The molecule has 1 aliphatic rings. The number of benzene rings is 4. The number of ether oxygens (including phenoxy) is 3. The molecule has 4 aromatic carbocycles. The Bertz CT molecular complexity index is 2740. The highest BCUT2D eigenvalue weighted by molar-refractivity contribution is 6.26. The highest BCUT2D eigenvalue weighted by Crippen LogP contribution is 2.54. The van der Waals surface area contributed by atoms with Gasteiger partial charge in [0.25, 0.3) is 0 Å². The van der Waals surface area contributed by atoms with Crippen LogP contribution >= 0.6 is 0 Å². The van der Waals surface area contributed by atoms with E-state index in [2.05, 4.69) is 0 Å². The number of phenolic OH excluding ortho intramolecular Hbond substituents is 10. The first-order valence-corrected chi connectivity index (χ1v) is 15.6. The van der Waals surface area contributed by atoms with Crippen LogP contribution in [0.2, 0.25) is 0 Å². The van der Waals surface area contributed by atoms with E-state index < -0.39 is 173 Å². The maximum absolute atomic E-state index is 14.0. The van der Waals surface area contributed by atoms with Crippen molar-refractivity contribution < 1.29 is 99.0 Å². The normalized spacial score (nSPS) is 19.8. The zero-order chi connectivity index (χ0) is 40.8. The van der Waals surface area contributed by atoms with Gasteiger partial charge >= 0.3 is 23.2 Å². The van der Waals surface area contributed by atoms with Crippen molar-refractivity contribution in [3.63, 3.8) is 0 Å². The summed E-state index contributed by atoms with van der Waals surface area (Å²) >= 11 is 0. The van der Waals surface area contributed by atoms with Crippen LogP contribution in [0.3, 0.4) is 0 Å². The second-order valence-electron chi connectivity index (χ2n) is 12.3. The molecule has 22 heteroatoms. The zero-order valence-corrected chi connectivity index (χ0v) is 27.4. The molecule has 0 saturated carbocycles. The third-order valence-corrected chi connectivity index (χ3v) is 9.01. The molecule has 13 N–H and O–H groups in total. The summed E-state index contributed by atoms with van der Waals surface area (Å²) in [5.41, 5.74) is -8.27. The van der Waals surface area contributed by atoms with Gasteiger partial charge in [0, 0.05) is 21.9 Å². The summed E-state index contributed by atoms with van der Waals surface area (Å²) in [6.45, 7) is -1.02. The highest BCUT2D eigenvalue weighted by Gasteiger charge is 2.47. The molecule has 1 saturated heterocycles. The van der Waals surface area contributed by atoms with Crippen LogP contribution in [-0.2, 0) is 14.2 Å². The Kier molecular flexibility index (Phi) is 8.49. The molecule has 1 aliphatic heterocycles. The molecular weight excluding hydrogens is 760 g/mol. The molecule has 5 atom stereocenters. The van der Waals surface area contributed by atoms with Crippen molar-refractivity contribution in [2.75, 3.05) is 6.61 Å². The van der Waals surface area contributed by atoms with Crippen molar-refractivity contribution in [1.82, 2.24) is 0 Å². The predicted octanol–water partition coefficient (Wildman–Crippen LogP) is 0.0348. The van der Waals surface area contributed by atoms with Gasteiger partial charge in [-0.05, 0) is 24.3 Å². The number of aliphatic hydroxyl groups is 3. The molecule has 292 valence electrons. The standard InChI is InChI=1S/C34H24O22/c35-9-1-6(2-10(36)19(9)39)30(47)52-5-13-27(25(45)26(46)34(51)53-13)54-31(48)7-3-11(37)20(40)22(42)14(7)16-18-17-15-8(32(49)55-29(17)24(44)23(16)43)4-12(38)21(41)28(15)56-33(18)50/h1-4,13,25-27,34-46,51H,5H2/t13-,25-,26+,27+,34-/m0/s1. The van der Waals surface area contributed by atoms with E-state index in [1.165, 1.54) is 0 Å². The summed E-state index contributed by atoms with van der Waals surface area (Å²) in [4.78, 5) is 53.1. The Labute approximate surface area is 305 Å². The smallest absolute Gasteiger partial charge is 0.345 e. The molecule has 0 radical (unpaired) electrons. The fraction of sp³-hybridized carbons (Fsp3) is 0.176. The van der Waals surface area contributed by atoms with Crippen LogP contribution in [-0.4, -0.2) is 116 Å². The Morgan fingerprint density at radius 3 is 1.82 bits per heavy atom. The number of carbonyl (C=O) groups is 2. The minimum atomic E-state index is -2.26. The van der Waals surface area contributed by atoms with Crippen molar-refractivity contribution in [3.05, 3.63) is 56.2 Å². The van der Waals surface area contributed by atoms with E-state index in [1.807, 2.05) is 0 Å². The molecule has 0 aliphatic carbocycles. The Balaban J connectivity index is 1.36. The maximum atomic E-state index is 14.0. The first kappa shape index (κ1) is 36.9. The topological polar surface area (TPSA) is 385 Å². The number of hydrogen-bond acceptors (Lipinski definition) is 22. The Morgan fingerprint density at radius 2 is 1.16 bits per heavy atom. The molecule has 1 fully saturated rings. The molecule has 6 aromatic rings. The van der Waals surface area contributed by atoms with Crippen LogP contribution in [0.5, 0.6) is 57.5 Å². The summed E-state index contributed by atoms with van der Waals surface area (Å²) < 4.78 is 25.8. The van der Waals surface area contributed by atoms with E-state index in [-0.39, 0.29) is 0 Å². The molecule has 7 rings (SSSR count). The van der Waals surface area contributed by atoms with Gasteiger partial charge in [0.15, 0.2) is 63.8 Å². The summed E-state index contributed by atoms with van der Waals surface area (Å²) in [7, 11) is 0. The lowest BCUT2D eigenvalue weighted by Crippen LogP contribution is -2.60. The summed E-state index contributed by atoms with van der Waals surface area (Å²) in [6.07, 6.45) is -10.7. The summed E-state index contributed by atoms with van der Waals surface area (Å²) in [6, 6.07) is 2.53. The van der Waals surface area contributed by atoms with Crippen LogP contribution in [0.25, 0.3) is 43.8 Å². The Hall–Kier alpha value is -7.40. The van der Waals surface area contributed by atoms with Gasteiger partial charge in [0.2, 0.25) is 17.2 Å². The van der Waals surface area contributed by atoms with E-state index in [9.17, 15) is 85.6 Å². The molecule has 2 aromatic heterocycles. The number of carbonyl (C=O) groups excluding carboxylic acids is 2.